The molecule has 7 N–H and O–H groups in total. The molecule has 0 heterocycles. The lowest BCUT2D eigenvalue weighted by Crippen LogP contribution is -2.37. The molecule has 19 heavy (non-hydrogen) atoms. The zero-order valence-corrected chi connectivity index (χ0v) is 11.8. The molecule has 0 amide bonds. The van der Waals surface area contributed by atoms with Gasteiger partial charge in [-0.15, -0.1) is 0 Å². The zero-order chi connectivity index (χ0) is 14.3. The minimum absolute atomic E-state index is 0.0722. The van der Waals surface area contributed by atoms with Crippen LogP contribution < -0.4 is 22.5 Å². The Bertz CT molecular complexity index is 393. The monoisotopic (exact) mass is 263 g/mol. The molecule has 5 heteroatoms. The van der Waals surface area contributed by atoms with Gasteiger partial charge in [0.05, 0.1) is 6.54 Å². The third-order valence-corrected chi connectivity index (χ3v) is 2.89. The van der Waals surface area contributed by atoms with Gasteiger partial charge in [-0.25, -0.2) is 0 Å². The molecule has 0 aromatic heterocycles. The number of aliphatic imine (C=N–C) groups is 1. The maximum absolute atomic E-state index is 5.87. The molecule has 0 radical (unpaired) electrons. The molecule has 0 saturated heterocycles. The molecular weight excluding hydrogens is 238 g/mol. The second-order valence-electron chi connectivity index (χ2n) is 5.05. The summed E-state index contributed by atoms with van der Waals surface area (Å²) in [6.45, 7) is 6.31. The van der Waals surface area contributed by atoms with Crippen LogP contribution in [-0.4, -0.2) is 25.1 Å². The Morgan fingerprint density at radius 1 is 1.21 bits per heavy atom. The summed E-state index contributed by atoms with van der Waals surface area (Å²) in [5, 5.41) is 3.30. The van der Waals surface area contributed by atoms with Gasteiger partial charge in [0.25, 0.3) is 0 Å². The summed E-state index contributed by atoms with van der Waals surface area (Å²) in [6, 6.07) is 8.55. The molecule has 1 aromatic carbocycles. The fraction of sp³-hybridized carbons (Fsp3) is 0.500. The number of nitrogens with one attached hydrogen (secondary N) is 1. The minimum Gasteiger partial charge on any atom is -0.370 e. The minimum atomic E-state index is -0.0722. The van der Waals surface area contributed by atoms with Gasteiger partial charge in [0, 0.05) is 19.1 Å². The first kappa shape index (κ1) is 15.5. The van der Waals surface area contributed by atoms with E-state index in [4.69, 9.17) is 17.2 Å². The van der Waals surface area contributed by atoms with Gasteiger partial charge in [0.1, 0.15) is 0 Å². The fourth-order valence-electron chi connectivity index (χ4n) is 1.71. The molecular formula is C14H25N5. The van der Waals surface area contributed by atoms with Crippen molar-refractivity contribution in [1.82, 2.24) is 5.32 Å². The summed E-state index contributed by atoms with van der Waals surface area (Å²) < 4.78 is 0. The number of nitrogens with two attached hydrogens (primary N) is 3. The van der Waals surface area contributed by atoms with Crippen LogP contribution in [0.3, 0.4) is 0 Å². The molecule has 1 unspecified atom stereocenters. The van der Waals surface area contributed by atoms with E-state index in [-0.39, 0.29) is 12.0 Å². The Labute approximate surface area is 115 Å². The molecule has 0 bridgehead atoms. The second kappa shape index (κ2) is 7.76. The van der Waals surface area contributed by atoms with E-state index in [1.807, 2.05) is 0 Å². The van der Waals surface area contributed by atoms with Crippen molar-refractivity contribution in [2.45, 2.75) is 32.4 Å². The topological polar surface area (TPSA) is 102 Å². The first-order valence-corrected chi connectivity index (χ1v) is 6.59. The van der Waals surface area contributed by atoms with Gasteiger partial charge in [-0.05, 0) is 17.0 Å². The number of rotatable bonds is 7. The first-order chi connectivity index (χ1) is 8.99. The largest absolute Gasteiger partial charge is 0.370 e. The number of benzene rings is 1. The van der Waals surface area contributed by atoms with Crippen molar-refractivity contribution in [3.8, 4) is 0 Å². The highest BCUT2D eigenvalue weighted by Crippen LogP contribution is 2.14. The molecule has 0 spiro atoms. The highest BCUT2D eigenvalue weighted by Gasteiger charge is 2.02. The lowest BCUT2D eigenvalue weighted by atomic mass is 10.0. The zero-order valence-electron chi connectivity index (χ0n) is 11.8. The van der Waals surface area contributed by atoms with Crippen LogP contribution >= 0.6 is 0 Å². The molecule has 0 fully saturated rings. The number of hydrogen-bond acceptors (Lipinski definition) is 3. The normalized spacial score (nSPS) is 12.4. The Balaban J connectivity index is 2.31. The first-order valence-electron chi connectivity index (χ1n) is 6.59. The summed E-state index contributed by atoms with van der Waals surface area (Å²) in [7, 11) is 0. The molecule has 1 aromatic rings. The van der Waals surface area contributed by atoms with Crippen LogP contribution in [0.25, 0.3) is 0 Å². The fourth-order valence-corrected chi connectivity index (χ4v) is 1.71. The standard InChI is InChI=1S/C14H25N5/c1-10(2)12-5-3-11(4-6-12)7-18-8-13(15)9-19-14(16)17/h3-6,10,13,18H,7-9,15H2,1-2H3,(H4,16,17,19). The SMILES string of the molecule is CC(C)c1ccc(CNCC(N)CN=C(N)N)cc1. The van der Waals surface area contributed by atoms with Crippen molar-refractivity contribution < 1.29 is 0 Å². The Morgan fingerprint density at radius 2 is 1.84 bits per heavy atom. The highest BCUT2D eigenvalue weighted by molar-refractivity contribution is 5.75. The van der Waals surface area contributed by atoms with Crippen molar-refractivity contribution in [3.63, 3.8) is 0 Å². The highest BCUT2D eigenvalue weighted by atomic mass is 15.0. The second-order valence-corrected chi connectivity index (χ2v) is 5.05. The Hall–Kier alpha value is -1.59. The van der Waals surface area contributed by atoms with Gasteiger partial charge in [-0.2, -0.15) is 0 Å². The molecule has 0 saturated carbocycles. The predicted octanol–water partition coefficient (Wildman–Crippen LogP) is 0.500. The van der Waals surface area contributed by atoms with Crippen LogP contribution in [0.4, 0.5) is 0 Å². The van der Waals surface area contributed by atoms with Crippen molar-refractivity contribution in [2.75, 3.05) is 13.1 Å². The number of hydrogen-bond donors (Lipinski definition) is 4. The van der Waals surface area contributed by atoms with E-state index in [0.29, 0.717) is 19.0 Å². The number of guanidine groups is 1. The Kier molecular flexibility index (Phi) is 6.32. The summed E-state index contributed by atoms with van der Waals surface area (Å²) in [5.41, 5.74) is 19.0. The van der Waals surface area contributed by atoms with Crippen LogP contribution in [-0.2, 0) is 6.54 Å². The quantitative estimate of drug-likeness (QED) is 0.425. The van der Waals surface area contributed by atoms with Crippen molar-refractivity contribution >= 4 is 5.96 Å². The van der Waals surface area contributed by atoms with E-state index in [2.05, 4.69) is 48.4 Å². The van der Waals surface area contributed by atoms with E-state index in [1.54, 1.807) is 0 Å². The van der Waals surface area contributed by atoms with E-state index in [9.17, 15) is 0 Å². The molecule has 5 nitrogen and oxygen atoms in total. The lowest BCUT2D eigenvalue weighted by molar-refractivity contribution is 0.582. The summed E-state index contributed by atoms with van der Waals surface area (Å²) >= 11 is 0. The van der Waals surface area contributed by atoms with Crippen LogP contribution in [0.1, 0.15) is 30.9 Å². The summed E-state index contributed by atoms with van der Waals surface area (Å²) in [6.07, 6.45) is 0. The van der Waals surface area contributed by atoms with Gasteiger partial charge >= 0.3 is 0 Å². The summed E-state index contributed by atoms with van der Waals surface area (Å²) in [5.74, 6) is 0.648. The molecule has 1 atom stereocenters. The van der Waals surface area contributed by atoms with Gasteiger partial charge in [0.2, 0.25) is 0 Å². The maximum atomic E-state index is 5.87. The third kappa shape index (κ3) is 6.22. The van der Waals surface area contributed by atoms with Crippen LogP contribution in [0, 0.1) is 0 Å². The van der Waals surface area contributed by atoms with E-state index < -0.39 is 0 Å². The Morgan fingerprint density at radius 3 is 2.37 bits per heavy atom. The van der Waals surface area contributed by atoms with Crippen LogP contribution in [0.5, 0.6) is 0 Å². The molecule has 1 rings (SSSR count). The smallest absolute Gasteiger partial charge is 0.185 e. The average molecular weight is 263 g/mol. The number of nitrogens with zero attached hydrogens (tertiary/aromatic N) is 1. The van der Waals surface area contributed by atoms with E-state index in [0.717, 1.165) is 6.54 Å². The van der Waals surface area contributed by atoms with Crippen molar-refractivity contribution in [1.29, 1.82) is 0 Å². The lowest BCUT2D eigenvalue weighted by Gasteiger charge is -2.11. The van der Waals surface area contributed by atoms with E-state index in [1.165, 1.54) is 11.1 Å². The van der Waals surface area contributed by atoms with E-state index >= 15 is 0 Å². The predicted molar refractivity (Wildman–Crippen MR) is 80.9 cm³/mol. The molecule has 106 valence electrons. The third-order valence-electron chi connectivity index (χ3n) is 2.89. The van der Waals surface area contributed by atoms with Gasteiger partial charge < -0.3 is 22.5 Å². The van der Waals surface area contributed by atoms with Crippen LogP contribution in [0.15, 0.2) is 29.3 Å². The van der Waals surface area contributed by atoms with Crippen molar-refractivity contribution in [3.05, 3.63) is 35.4 Å². The molecule has 0 aliphatic carbocycles. The average Bonchev–Trinajstić information content (AvgIpc) is 2.37. The van der Waals surface area contributed by atoms with Crippen molar-refractivity contribution in [2.24, 2.45) is 22.2 Å². The maximum Gasteiger partial charge on any atom is 0.185 e. The molecule has 0 aliphatic heterocycles. The van der Waals surface area contributed by atoms with Crippen LogP contribution in [0.2, 0.25) is 0 Å². The van der Waals surface area contributed by atoms with Gasteiger partial charge in [-0.1, -0.05) is 38.1 Å². The summed E-state index contributed by atoms with van der Waals surface area (Å²) in [4.78, 5) is 3.89. The van der Waals surface area contributed by atoms with Gasteiger partial charge in [0.15, 0.2) is 5.96 Å². The molecule has 0 aliphatic rings. The van der Waals surface area contributed by atoms with Gasteiger partial charge in [-0.3, -0.25) is 4.99 Å².